The maximum Gasteiger partial charge on any atom is 0.276 e. The summed E-state index contributed by atoms with van der Waals surface area (Å²) < 4.78 is 0. The Morgan fingerprint density at radius 3 is 2.64 bits per heavy atom. The standard InChI is InChI=1S/C14H15N7O/c1-8(2)12-16-14(21-20-12)17-13(22)11-7-10(18-19-11)9-3-5-15-6-4-9/h3-8H,1-2H3,(H,18,19)(H2,16,17,20,21,22). The minimum Gasteiger partial charge on any atom is -0.288 e. The summed E-state index contributed by atoms with van der Waals surface area (Å²) in [5, 5.41) is 16.2. The Balaban J connectivity index is 1.74. The van der Waals surface area contributed by atoms with E-state index in [1.54, 1.807) is 18.5 Å². The van der Waals surface area contributed by atoms with Gasteiger partial charge in [-0.05, 0) is 18.2 Å². The molecule has 0 spiro atoms. The summed E-state index contributed by atoms with van der Waals surface area (Å²) in [7, 11) is 0. The maximum absolute atomic E-state index is 12.1. The van der Waals surface area contributed by atoms with E-state index in [0.29, 0.717) is 11.4 Å². The van der Waals surface area contributed by atoms with E-state index in [9.17, 15) is 4.79 Å². The van der Waals surface area contributed by atoms with E-state index in [4.69, 9.17) is 0 Å². The number of hydrogen-bond acceptors (Lipinski definition) is 5. The van der Waals surface area contributed by atoms with E-state index in [0.717, 1.165) is 11.4 Å². The molecule has 22 heavy (non-hydrogen) atoms. The number of hydrogen-bond donors (Lipinski definition) is 3. The molecule has 0 saturated carbocycles. The predicted octanol–water partition coefficient (Wildman–Crippen LogP) is 1.97. The molecular formula is C14H15N7O. The Morgan fingerprint density at radius 2 is 1.95 bits per heavy atom. The molecule has 0 fully saturated rings. The minimum atomic E-state index is -0.345. The van der Waals surface area contributed by atoms with Crippen LogP contribution in [-0.2, 0) is 0 Å². The first-order chi connectivity index (χ1) is 10.6. The number of pyridine rings is 1. The molecule has 0 saturated heterocycles. The first-order valence-electron chi connectivity index (χ1n) is 6.83. The van der Waals surface area contributed by atoms with Crippen LogP contribution in [0.4, 0.5) is 5.95 Å². The molecule has 3 aromatic heterocycles. The number of carbonyl (C=O) groups excluding carboxylic acids is 1. The SMILES string of the molecule is CC(C)c1nc(NC(=O)c2cc(-c3ccncc3)n[nH]2)n[nH]1. The molecule has 3 rings (SSSR count). The minimum absolute atomic E-state index is 0.212. The highest BCUT2D eigenvalue weighted by molar-refractivity contribution is 6.02. The van der Waals surface area contributed by atoms with Gasteiger partial charge in [-0.1, -0.05) is 13.8 Å². The summed E-state index contributed by atoms with van der Waals surface area (Å²) in [5.74, 6) is 0.830. The normalized spacial score (nSPS) is 10.9. The average molecular weight is 297 g/mol. The van der Waals surface area contributed by atoms with E-state index >= 15 is 0 Å². The summed E-state index contributed by atoms with van der Waals surface area (Å²) in [6.45, 7) is 3.98. The summed E-state index contributed by atoms with van der Waals surface area (Å²) in [6, 6.07) is 5.31. The van der Waals surface area contributed by atoms with Gasteiger partial charge in [0.2, 0.25) is 5.95 Å². The van der Waals surface area contributed by atoms with Crippen LogP contribution in [0, 0.1) is 0 Å². The monoisotopic (exact) mass is 297 g/mol. The second-order valence-corrected chi connectivity index (χ2v) is 5.06. The number of nitrogens with zero attached hydrogens (tertiary/aromatic N) is 4. The van der Waals surface area contributed by atoms with Crippen LogP contribution in [0.1, 0.15) is 36.1 Å². The second-order valence-electron chi connectivity index (χ2n) is 5.06. The molecular weight excluding hydrogens is 282 g/mol. The molecule has 3 aromatic rings. The molecule has 8 nitrogen and oxygen atoms in total. The molecule has 1 amide bonds. The lowest BCUT2D eigenvalue weighted by atomic mass is 10.2. The van der Waals surface area contributed by atoms with Gasteiger partial charge in [0.25, 0.3) is 5.91 Å². The zero-order valence-corrected chi connectivity index (χ0v) is 12.2. The Labute approximate surface area is 126 Å². The van der Waals surface area contributed by atoms with E-state index in [-0.39, 0.29) is 17.8 Å². The van der Waals surface area contributed by atoms with Crippen LogP contribution in [0.15, 0.2) is 30.6 Å². The first-order valence-corrected chi connectivity index (χ1v) is 6.83. The van der Waals surface area contributed by atoms with Crippen molar-refractivity contribution in [1.29, 1.82) is 0 Å². The highest BCUT2D eigenvalue weighted by Crippen LogP contribution is 2.17. The fourth-order valence-electron chi connectivity index (χ4n) is 1.87. The van der Waals surface area contributed by atoms with Crippen LogP contribution in [0.2, 0.25) is 0 Å². The third-order valence-electron chi connectivity index (χ3n) is 3.07. The topological polar surface area (TPSA) is 112 Å². The zero-order chi connectivity index (χ0) is 15.5. The highest BCUT2D eigenvalue weighted by Gasteiger charge is 2.14. The van der Waals surface area contributed by atoms with E-state index in [1.807, 2.05) is 26.0 Å². The van der Waals surface area contributed by atoms with Crippen molar-refractivity contribution in [2.75, 3.05) is 5.32 Å². The third-order valence-corrected chi connectivity index (χ3v) is 3.07. The largest absolute Gasteiger partial charge is 0.288 e. The number of anilines is 1. The lowest BCUT2D eigenvalue weighted by molar-refractivity contribution is 0.102. The van der Waals surface area contributed by atoms with E-state index < -0.39 is 0 Å². The molecule has 3 heterocycles. The van der Waals surface area contributed by atoms with Gasteiger partial charge in [0.05, 0.1) is 5.69 Å². The zero-order valence-electron chi connectivity index (χ0n) is 12.2. The van der Waals surface area contributed by atoms with Gasteiger partial charge in [-0.3, -0.25) is 25.3 Å². The summed E-state index contributed by atoms with van der Waals surface area (Å²) >= 11 is 0. The summed E-state index contributed by atoms with van der Waals surface area (Å²) in [6.07, 6.45) is 3.34. The smallest absolute Gasteiger partial charge is 0.276 e. The van der Waals surface area contributed by atoms with Crippen molar-refractivity contribution in [3.8, 4) is 11.3 Å². The van der Waals surface area contributed by atoms with Gasteiger partial charge in [0.1, 0.15) is 11.5 Å². The van der Waals surface area contributed by atoms with Gasteiger partial charge in [-0.15, -0.1) is 5.10 Å². The Hall–Kier alpha value is -3.03. The number of nitrogens with one attached hydrogen (secondary N) is 3. The van der Waals surface area contributed by atoms with Crippen molar-refractivity contribution < 1.29 is 4.79 Å². The number of aromatic nitrogens is 6. The highest BCUT2D eigenvalue weighted by atomic mass is 16.2. The van der Waals surface area contributed by atoms with Gasteiger partial charge in [-0.25, -0.2) is 0 Å². The Morgan fingerprint density at radius 1 is 1.18 bits per heavy atom. The molecule has 0 aliphatic rings. The molecule has 0 atom stereocenters. The number of amides is 1. The molecule has 0 bridgehead atoms. The lowest BCUT2D eigenvalue weighted by Gasteiger charge is -1.97. The van der Waals surface area contributed by atoms with Crippen molar-refractivity contribution in [3.05, 3.63) is 42.1 Å². The van der Waals surface area contributed by atoms with Crippen LogP contribution in [0.3, 0.4) is 0 Å². The van der Waals surface area contributed by atoms with Crippen LogP contribution in [0.5, 0.6) is 0 Å². The van der Waals surface area contributed by atoms with E-state index in [2.05, 4.69) is 35.7 Å². The average Bonchev–Trinajstić information content (AvgIpc) is 3.17. The summed E-state index contributed by atoms with van der Waals surface area (Å²) in [5.41, 5.74) is 1.89. The van der Waals surface area contributed by atoms with Crippen LogP contribution < -0.4 is 5.32 Å². The molecule has 0 aromatic carbocycles. The predicted molar refractivity (Wildman–Crippen MR) is 80.2 cm³/mol. The molecule has 8 heteroatoms. The number of rotatable bonds is 4. The Kier molecular flexibility index (Phi) is 3.65. The molecule has 0 radical (unpaired) electrons. The fourth-order valence-corrected chi connectivity index (χ4v) is 1.87. The van der Waals surface area contributed by atoms with Gasteiger partial charge >= 0.3 is 0 Å². The second kappa shape index (κ2) is 5.76. The van der Waals surface area contributed by atoms with Crippen molar-refractivity contribution in [2.45, 2.75) is 19.8 Å². The quantitative estimate of drug-likeness (QED) is 0.681. The van der Waals surface area contributed by atoms with Crippen LogP contribution >= 0.6 is 0 Å². The van der Waals surface area contributed by atoms with Gasteiger partial charge in [0, 0.05) is 23.9 Å². The molecule has 0 unspecified atom stereocenters. The van der Waals surface area contributed by atoms with Gasteiger partial charge in [-0.2, -0.15) is 10.1 Å². The van der Waals surface area contributed by atoms with E-state index in [1.165, 1.54) is 0 Å². The molecule has 112 valence electrons. The molecule has 0 aliphatic heterocycles. The first kappa shape index (κ1) is 13.9. The Bertz CT molecular complexity index is 775. The fraction of sp³-hybridized carbons (Fsp3) is 0.214. The van der Waals surface area contributed by atoms with Crippen LogP contribution in [0.25, 0.3) is 11.3 Å². The molecule has 3 N–H and O–H groups in total. The molecule has 0 aliphatic carbocycles. The van der Waals surface area contributed by atoms with Gasteiger partial charge in [0.15, 0.2) is 0 Å². The third kappa shape index (κ3) is 2.85. The lowest BCUT2D eigenvalue weighted by Crippen LogP contribution is -2.13. The van der Waals surface area contributed by atoms with Crippen molar-refractivity contribution in [2.24, 2.45) is 0 Å². The van der Waals surface area contributed by atoms with Crippen LogP contribution in [-0.4, -0.2) is 36.3 Å². The van der Waals surface area contributed by atoms with Crippen molar-refractivity contribution in [1.82, 2.24) is 30.4 Å². The van der Waals surface area contributed by atoms with Gasteiger partial charge < -0.3 is 0 Å². The number of H-pyrrole nitrogens is 2. The van der Waals surface area contributed by atoms with Crippen molar-refractivity contribution in [3.63, 3.8) is 0 Å². The van der Waals surface area contributed by atoms with Crippen molar-refractivity contribution >= 4 is 11.9 Å². The summed E-state index contributed by atoms with van der Waals surface area (Å²) in [4.78, 5) is 20.3. The number of aromatic amines is 2. The number of carbonyl (C=O) groups is 1. The maximum atomic E-state index is 12.1.